The minimum atomic E-state index is 0.541. The normalized spacial score (nSPS) is 24.9. The summed E-state index contributed by atoms with van der Waals surface area (Å²) >= 11 is 2.08. The molecule has 0 saturated carbocycles. The van der Waals surface area contributed by atoms with Gasteiger partial charge in [-0.3, -0.25) is 0 Å². The van der Waals surface area contributed by atoms with E-state index in [-0.39, 0.29) is 0 Å². The number of rotatable bonds is 2. The van der Waals surface area contributed by atoms with E-state index in [0.717, 1.165) is 17.7 Å². The number of pyridine rings is 1. The highest BCUT2D eigenvalue weighted by Gasteiger charge is 2.29. The second kappa shape index (κ2) is 5.61. The third kappa shape index (κ3) is 2.46. The molecule has 2 aliphatic heterocycles. The zero-order valence-electron chi connectivity index (χ0n) is 12.5. The first kappa shape index (κ1) is 13.6. The molecule has 0 radical (unpaired) electrons. The van der Waals surface area contributed by atoms with E-state index in [0.29, 0.717) is 12.0 Å². The van der Waals surface area contributed by atoms with Gasteiger partial charge in [0, 0.05) is 18.7 Å². The van der Waals surface area contributed by atoms with Gasteiger partial charge in [0.2, 0.25) is 0 Å². The zero-order valence-corrected chi connectivity index (χ0v) is 13.4. The average Bonchev–Trinajstić information content (AvgIpc) is 3.11. The van der Waals surface area contributed by atoms with Crippen LogP contribution in [0.1, 0.15) is 37.0 Å². The van der Waals surface area contributed by atoms with Gasteiger partial charge in [0.1, 0.15) is 11.3 Å². The first-order valence-electron chi connectivity index (χ1n) is 7.92. The molecule has 0 spiro atoms. The molecular formula is C16H22N4S. The summed E-state index contributed by atoms with van der Waals surface area (Å²) in [6, 6.07) is 4.65. The summed E-state index contributed by atoms with van der Waals surface area (Å²) in [6.45, 7) is 2.30. The van der Waals surface area contributed by atoms with Gasteiger partial charge in [-0.05, 0) is 56.5 Å². The highest BCUT2D eigenvalue weighted by molar-refractivity contribution is 7.99. The van der Waals surface area contributed by atoms with Gasteiger partial charge in [-0.15, -0.1) is 0 Å². The van der Waals surface area contributed by atoms with E-state index in [2.05, 4.69) is 39.3 Å². The van der Waals surface area contributed by atoms with E-state index < -0.39 is 0 Å². The topological polar surface area (TPSA) is 34.0 Å². The number of hydrogen-bond acceptors (Lipinski definition) is 4. The van der Waals surface area contributed by atoms with Gasteiger partial charge in [0.25, 0.3) is 0 Å². The maximum Gasteiger partial charge on any atom is 0.160 e. The maximum atomic E-state index is 4.98. The number of thioether (sulfide) groups is 1. The second-order valence-electron chi connectivity index (χ2n) is 6.28. The molecule has 2 aromatic heterocycles. The largest absolute Gasteiger partial charge is 0.308 e. The predicted molar refractivity (Wildman–Crippen MR) is 88.0 cm³/mol. The fourth-order valence-electron chi connectivity index (χ4n) is 3.67. The van der Waals surface area contributed by atoms with Gasteiger partial charge >= 0.3 is 0 Å². The van der Waals surface area contributed by atoms with Crippen LogP contribution >= 0.6 is 11.8 Å². The van der Waals surface area contributed by atoms with Crippen molar-refractivity contribution in [1.29, 1.82) is 0 Å². The minimum Gasteiger partial charge on any atom is -0.308 e. The number of likely N-dealkylation sites (tertiary alicyclic amines) is 1. The number of imidazole rings is 1. The van der Waals surface area contributed by atoms with Gasteiger partial charge in [-0.2, -0.15) is 11.8 Å². The van der Waals surface area contributed by atoms with Crippen LogP contribution in [0.15, 0.2) is 18.3 Å². The van der Waals surface area contributed by atoms with Crippen molar-refractivity contribution in [3.63, 3.8) is 0 Å². The Bertz CT molecular complexity index is 632. The number of nitrogens with zero attached hydrogens (tertiary/aromatic N) is 4. The van der Waals surface area contributed by atoms with Crippen molar-refractivity contribution < 1.29 is 0 Å². The average molecular weight is 302 g/mol. The fourth-order valence-corrected chi connectivity index (χ4v) is 4.78. The van der Waals surface area contributed by atoms with E-state index in [1.807, 2.05) is 12.3 Å². The van der Waals surface area contributed by atoms with Crippen LogP contribution in [0.5, 0.6) is 0 Å². The molecule has 0 aliphatic carbocycles. The fraction of sp³-hybridized carbons (Fsp3) is 0.625. The highest BCUT2D eigenvalue weighted by atomic mass is 32.2. The smallest absolute Gasteiger partial charge is 0.160 e. The van der Waals surface area contributed by atoms with Gasteiger partial charge in [-0.25, -0.2) is 9.97 Å². The van der Waals surface area contributed by atoms with Crippen molar-refractivity contribution in [3.05, 3.63) is 24.2 Å². The number of fused-ring (bicyclic) bond motifs is 1. The van der Waals surface area contributed by atoms with Crippen molar-refractivity contribution >= 4 is 22.9 Å². The first-order valence-corrected chi connectivity index (χ1v) is 9.07. The van der Waals surface area contributed by atoms with Crippen LogP contribution in [-0.2, 0) is 0 Å². The lowest BCUT2D eigenvalue weighted by atomic mass is 10.0. The molecule has 0 amide bonds. The lowest BCUT2D eigenvalue weighted by Gasteiger charge is -2.24. The zero-order chi connectivity index (χ0) is 14.2. The molecule has 2 saturated heterocycles. The van der Waals surface area contributed by atoms with Crippen molar-refractivity contribution in [2.24, 2.45) is 0 Å². The Morgan fingerprint density at radius 3 is 2.86 bits per heavy atom. The quantitative estimate of drug-likeness (QED) is 0.854. The Kier molecular flexibility index (Phi) is 3.63. The molecule has 2 aliphatic rings. The van der Waals surface area contributed by atoms with E-state index in [9.17, 15) is 0 Å². The van der Waals surface area contributed by atoms with Gasteiger partial charge in [0.05, 0.1) is 6.04 Å². The van der Waals surface area contributed by atoms with Crippen molar-refractivity contribution in [1.82, 2.24) is 19.4 Å². The molecule has 4 rings (SSSR count). The molecule has 0 aromatic carbocycles. The molecule has 1 unspecified atom stereocenters. The molecule has 0 bridgehead atoms. The Labute approximate surface area is 129 Å². The van der Waals surface area contributed by atoms with Crippen LogP contribution in [0.3, 0.4) is 0 Å². The summed E-state index contributed by atoms with van der Waals surface area (Å²) in [7, 11) is 2.21. The number of likely N-dealkylation sites (N-methyl/N-ethyl adjacent to an activating group) is 1. The number of hydrogen-bond donors (Lipinski definition) is 0. The Morgan fingerprint density at radius 1 is 1.24 bits per heavy atom. The minimum absolute atomic E-state index is 0.541. The third-order valence-electron chi connectivity index (χ3n) is 4.79. The summed E-state index contributed by atoms with van der Waals surface area (Å²) in [5, 5.41) is 0. The predicted octanol–water partition coefficient (Wildman–Crippen LogP) is 2.92. The summed E-state index contributed by atoms with van der Waals surface area (Å²) in [4.78, 5) is 12.0. The van der Waals surface area contributed by atoms with Gasteiger partial charge < -0.3 is 9.47 Å². The summed E-state index contributed by atoms with van der Waals surface area (Å²) in [5.41, 5.74) is 2.16. The molecule has 0 N–H and O–H groups in total. The van der Waals surface area contributed by atoms with Crippen molar-refractivity contribution in [3.8, 4) is 0 Å². The summed E-state index contributed by atoms with van der Waals surface area (Å²) in [5.74, 6) is 4.45. The van der Waals surface area contributed by atoms with Crippen LogP contribution in [0.4, 0.5) is 0 Å². The molecule has 1 atom stereocenters. The van der Waals surface area contributed by atoms with E-state index >= 15 is 0 Å². The van der Waals surface area contributed by atoms with E-state index in [4.69, 9.17) is 4.98 Å². The maximum absolute atomic E-state index is 4.98. The van der Waals surface area contributed by atoms with Crippen LogP contribution in [-0.4, -0.2) is 51.1 Å². The monoisotopic (exact) mass is 302 g/mol. The van der Waals surface area contributed by atoms with Crippen LogP contribution in [0.25, 0.3) is 11.2 Å². The molecule has 112 valence electrons. The molecule has 4 nitrogen and oxygen atoms in total. The van der Waals surface area contributed by atoms with E-state index in [1.54, 1.807) is 0 Å². The molecule has 4 heterocycles. The van der Waals surface area contributed by atoms with Crippen LogP contribution in [0.2, 0.25) is 0 Å². The second-order valence-corrected chi connectivity index (χ2v) is 7.50. The van der Waals surface area contributed by atoms with Crippen LogP contribution in [0, 0.1) is 0 Å². The van der Waals surface area contributed by atoms with Gasteiger partial charge in [0.15, 0.2) is 5.65 Å². The SMILES string of the molecule is CN1CCC(n2c(C3CCSCC3)nc3cccnc32)C1. The van der Waals surface area contributed by atoms with Crippen molar-refractivity contribution in [2.75, 3.05) is 31.6 Å². The summed E-state index contributed by atoms with van der Waals surface area (Å²) < 4.78 is 2.47. The molecule has 5 heteroatoms. The Hall–Kier alpha value is -1.07. The number of aromatic nitrogens is 3. The lowest BCUT2D eigenvalue weighted by Crippen LogP contribution is -2.21. The Morgan fingerprint density at radius 2 is 2.10 bits per heavy atom. The molecular weight excluding hydrogens is 280 g/mol. The molecule has 2 aromatic rings. The summed E-state index contributed by atoms with van der Waals surface area (Å²) in [6.07, 6.45) is 5.64. The lowest BCUT2D eigenvalue weighted by molar-refractivity contribution is 0.387. The molecule has 2 fully saturated rings. The third-order valence-corrected chi connectivity index (χ3v) is 5.84. The first-order chi connectivity index (χ1) is 10.3. The Balaban J connectivity index is 1.80. The molecule has 21 heavy (non-hydrogen) atoms. The van der Waals surface area contributed by atoms with Crippen LogP contribution < -0.4 is 0 Å². The van der Waals surface area contributed by atoms with Crippen molar-refractivity contribution in [2.45, 2.75) is 31.2 Å². The highest BCUT2D eigenvalue weighted by Crippen LogP contribution is 2.35. The standard InChI is InChI=1S/C16H22N4S/c1-19-8-4-13(11-19)20-15(12-5-9-21-10-6-12)18-14-3-2-7-17-16(14)20/h2-3,7,12-13H,4-6,8-11H2,1H3. The van der Waals surface area contributed by atoms with E-state index in [1.165, 1.54) is 43.1 Å². The van der Waals surface area contributed by atoms with Gasteiger partial charge in [-0.1, -0.05) is 0 Å².